The molecule has 0 bridgehead atoms. The van der Waals surface area contributed by atoms with Gasteiger partial charge in [0.15, 0.2) is 0 Å². The second-order valence-electron chi connectivity index (χ2n) is 6.33. The molecule has 4 rings (SSSR count). The second kappa shape index (κ2) is 6.56. The molecule has 130 valence electrons. The van der Waals surface area contributed by atoms with E-state index >= 15 is 0 Å². The third-order valence-corrected chi connectivity index (χ3v) is 4.71. The Balaban J connectivity index is 1.80. The van der Waals surface area contributed by atoms with Crippen molar-refractivity contribution in [2.75, 3.05) is 17.3 Å². The van der Waals surface area contributed by atoms with Gasteiger partial charge in [0.2, 0.25) is 0 Å². The van der Waals surface area contributed by atoms with E-state index in [4.69, 9.17) is 4.74 Å². The van der Waals surface area contributed by atoms with Crippen molar-refractivity contribution in [3.8, 4) is 5.75 Å². The van der Waals surface area contributed by atoms with Crippen LogP contribution in [0.15, 0.2) is 72.8 Å². The van der Waals surface area contributed by atoms with Crippen molar-refractivity contribution in [3.05, 3.63) is 89.5 Å². The Morgan fingerprint density at radius 2 is 1.73 bits per heavy atom. The maximum absolute atomic E-state index is 13.1. The Morgan fingerprint density at radius 1 is 0.962 bits per heavy atom. The van der Waals surface area contributed by atoms with Gasteiger partial charge < -0.3 is 10.1 Å². The number of amides is 1. The molecule has 4 heteroatoms. The van der Waals surface area contributed by atoms with E-state index in [1.165, 1.54) is 0 Å². The molecule has 0 aromatic heterocycles. The van der Waals surface area contributed by atoms with Crippen LogP contribution in [-0.2, 0) is 0 Å². The summed E-state index contributed by atoms with van der Waals surface area (Å²) in [5.41, 5.74) is 4.58. The first-order chi connectivity index (χ1) is 12.7. The van der Waals surface area contributed by atoms with Crippen molar-refractivity contribution in [1.29, 1.82) is 0 Å². The van der Waals surface area contributed by atoms with Crippen LogP contribution in [0.25, 0.3) is 0 Å². The first-order valence-electron chi connectivity index (χ1n) is 8.58. The molecule has 26 heavy (non-hydrogen) atoms. The number of hydrogen-bond donors (Lipinski definition) is 1. The highest BCUT2D eigenvalue weighted by molar-refractivity contribution is 6.11. The van der Waals surface area contributed by atoms with E-state index in [9.17, 15) is 4.79 Å². The minimum absolute atomic E-state index is 0.00953. The zero-order chi connectivity index (χ0) is 18.1. The van der Waals surface area contributed by atoms with Crippen molar-refractivity contribution >= 4 is 17.3 Å². The van der Waals surface area contributed by atoms with Crippen LogP contribution in [0, 0.1) is 6.92 Å². The lowest BCUT2D eigenvalue weighted by atomic mass is 10.1. The Hall–Kier alpha value is -3.27. The van der Waals surface area contributed by atoms with Crippen LogP contribution < -0.4 is 15.0 Å². The van der Waals surface area contributed by atoms with Gasteiger partial charge in [-0.1, -0.05) is 42.5 Å². The molecule has 1 N–H and O–H groups in total. The first kappa shape index (κ1) is 16.2. The van der Waals surface area contributed by atoms with Crippen LogP contribution >= 0.6 is 0 Å². The summed E-state index contributed by atoms with van der Waals surface area (Å²) in [6.07, 6.45) is -0.271. The number of anilines is 2. The molecule has 1 aliphatic heterocycles. The molecule has 0 spiro atoms. The Kier molecular flexibility index (Phi) is 4.09. The van der Waals surface area contributed by atoms with Gasteiger partial charge >= 0.3 is 0 Å². The molecule has 1 amide bonds. The van der Waals surface area contributed by atoms with Gasteiger partial charge in [-0.15, -0.1) is 0 Å². The molecule has 0 fully saturated rings. The molecule has 1 aliphatic rings. The number of benzene rings is 3. The summed E-state index contributed by atoms with van der Waals surface area (Å²) in [5.74, 6) is 0.783. The average Bonchev–Trinajstić information content (AvgIpc) is 2.95. The van der Waals surface area contributed by atoms with Crippen LogP contribution in [0.4, 0.5) is 11.4 Å². The maximum Gasteiger partial charge on any atom is 0.260 e. The van der Waals surface area contributed by atoms with E-state index in [2.05, 4.69) is 5.32 Å². The lowest BCUT2D eigenvalue weighted by molar-refractivity contribution is 0.0993. The summed E-state index contributed by atoms with van der Waals surface area (Å²) in [6, 6.07) is 23.4. The standard InChI is InChI=1S/C22H20N2O2/c1-15-8-3-6-13-20(15)24-21(18-11-4-5-12-19(18)22(24)25)23-16-9-7-10-17(14-16)26-2/h3-14,21,23H,1-2H3/t21-/m0/s1. The van der Waals surface area contributed by atoms with Gasteiger partial charge in [-0.3, -0.25) is 9.69 Å². The largest absolute Gasteiger partial charge is 0.497 e. The van der Waals surface area contributed by atoms with Gasteiger partial charge in [-0.2, -0.15) is 0 Å². The maximum atomic E-state index is 13.1. The van der Waals surface area contributed by atoms with Gasteiger partial charge in [0.1, 0.15) is 11.9 Å². The van der Waals surface area contributed by atoms with Gasteiger partial charge in [0, 0.05) is 28.6 Å². The van der Waals surface area contributed by atoms with Gasteiger partial charge in [-0.25, -0.2) is 0 Å². The van der Waals surface area contributed by atoms with Crippen LogP contribution in [0.1, 0.15) is 27.7 Å². The predicted molar refractivity (Wildman–Crippen MR) is 104 cm³/mol. The molecule has 3 aromatic carbocycles. The number of carbonyl (C=O) groups excluding carboxylic acids is 1. The number of nitrogens with one attached hydrogen (secondary N) is 1. The van der Waals surface area contributed by atoms with Crippen LogP contribution in [0.2, 0.25) is 0 Å². The normalized spacial score (nSPS) is 15.7. The highest BCUT2D eigenvalue weighted by atomic mass is 16.5. The fourth-order valence-corrected chi connectivity index (χ4v) is 3.41. The number of carbonyl (C=O) groups is 1. The van der Waals surface area contributed by atoms with E-state index in [0.29, 0.717) is 0 Å². The number of fused-ring (bicyclic) bond motifs is 1. The summed E-state index contributed by atoms with van der Waals surface area (Å²) in [7, 11) is 1.65. The van der Waals surface area contributed by atoms with Crippen molar-refractivity contribution in [1.82, 2.24) is 0 Å². The molecule has 3 aromatic rings. The highest BCUT2D eigenvalue weighted by Gasteiger charge is 2.38. The number of nitrogens with zero attached hydrogens (tertiary/aromatic N) is 1. The molecule has 0 saturated carbocycles. The number of para-hydroxylation sites is 1. The highest BCUT2D eigenvalue weighted by Crippen LogP contribution is 2.39. The molecule has 0 unspecified atom stereocenters. The summed E-state index contributed by atoms with van der Waals surface area (Å²) in [6.45, 7) is 2.02. The zero-order valence-electron chi connectivity index (χ0n) is 14.8. The lowest BCUT2D eigenvalue weighted by Gasteiger charge is -2.28. The van der Waals surface area contributed by atoms with Crippen molar-refractivity contribution in [2.24, 2.45) is 0 Å². The molecule has 0 saturated heterocycles. The molecule has 4 nitrogen and oxygen atoms in total. The number of rotatable bonds is 4. The van der Waals surface area contributed by atoms with E-state index < -0.39 is 0 Å². The fraction of sp³-hybridized carbons (Fsp3) is 0.136. The quantitative estimate of drug-likeness (QED) is 0.741. The SMILES string of the molecule is COc1cccc(N[C@@H]2c3ccccc3C(=O)N2c2ccccc2C)c1. The van der Waals surface area contributed by atoms with Crippen molar-refractivity contribution in [3.63, 3.8) is 0 Å². The summed E-state index contributed by atoms with van der Waals surface area (Å²) in [5, 5.41) is 3.50. The Labute approximate surface area is 153 Å². The number of aryl methyl sites for hydroxylation is 1. The molecule has 1 atom stereocenters. The molecule has 0 aliphatic carbocycles. The fourth-order valence-electron chi connectivity index (χ4n) is 3.41. The number of methoxy groups -OCH3 is 1. The summed E-state index contributed by atoms with van der Waals surface area (Å²) < 4.78 is 5.32. The third-order valence-electron chi connectivity index (χ3n) is 4.71. The van der Waals surface area contributed by atoms with Crippen molar-refractivity contribution in [2.45, 2.75) is 13.1 Å². The summed E-state index contributed by atoms with van der Waals surface area (Å²) >= 11 is 0. The third kappa shape index (κ3) is 2.69. The molecular formula is C22H20N2O2. The molecular weight excluding hydrogens is 324 g/mol. The summed E-state index contributed by atoms with van der Waals surface area (Å²) in [4.78, 5) is 15.0. The van der Waals surface area contributed by atoms with Crippen molar-refractivity contribution < 1.29 is 9.53 Å². The Bertz CT molecular complexity index is 968. The van der Waals surface area contributed by atoms with Crippen LogP contribution in [0.5, 0.6) is 5.75 Å². The monoisotopic (exact) mass is 344 g/mol. The van der Waals surface area contributed by atoms with E-state index in [1.807, 2.05) is 84.6 Å². The number of ether oxygens (including phenoxy) is 1. The van der Waals surface area contributed by atoms with E-state index in [0.717, 1.165) is 33.8 Å². The van der Waals surface area contributed by atoms with E-state index in [1.54, 1.807) is 7.11 Å². The van der Waals surface area contributed by atoms with Gasteiger partial charge in [-0.05, 0) is 36.8 Å². The minimum Gasteiger partial charge on any atom is -0.497 e. The van der Waals surface area contributed by atoms with Gasteiger partial charge in [0.05, 0.1) is 7.11 Å². The van der Waals surface area contributed by atoms with Crippen LogP contribution in [-0.4, -0.2) is 13.0 Å². The predicted octanol–water partition coefficient (Wildman–Crippen LogP) is 4.77. The molecule has 0 radical (unpaired) electrons. The molecule has 1 heterocycles. The van der Waals surface area contributed by atoms with Gasteiger partial charge in [0.25, 0.3) is 5.91 Å². The second-order valence-corrected chi connectivity index (χ2v) is 6.33. The minimum atomic E-state index is -0.271. The zero-order valence-corrected chi connectivity index (χ0v) is 14.8. The van der Waals surface area contributed by atoms with E-state index in [-0.39, 0.29) is 12.1 Å². The van der Waals surface area contributed by atoms with Crippen LogP contribution in [0.3, 0.4) is 0 Å². The Morgan fingerprint density at radius 3 is 2.54 bits per heavy atom. The first-order valence-corrected chi connectivity index (χ1v) is 8.58. The average molecular weight is 344 g/mol. The lowest BCUT2D eigenvalue weighted by Crippen LogP contribution is -2.32. The number of hydrogen-bond acceptors (Lipinski definition) is 3. The topological polar surface area (TPSA) is 41.6 Å². The smallest absolute Gasteiger partial charge is 0.260 e.